The predicted octanol–water partition coefficient (Wildman–Crippen LogP) is 2.08. The average Bonchev–Trinajstić information content (AvgIpc) is 2.27. The third-order valence-electron chi connectivity index (χ3n) is 2.31. The van der Waals surface area contributed by atoms with E-state index in [9.17, 15) is 9.18 Å². The topological polar surface area (TPSA) is 49.3 Å². The maximum atomic E-state index is 13.1. The molecule has 0 aliphatic heterocycles. The number of aliphatic carboxylic acids is 1. The van der Waals surface area contributed by atoms with E-state index in [1.807, 2.05) is 13.1 Å². The van der Waals surface area contributed by atoms with Crippen molar-refractivity contribution < 1.29 is 14.3 Å². The number of hydrogen-bond acceptors (Lipinski definition) is 2. The van der Waals surface area contributed by atoms with Crippen LogP contribution in [-0.4, -0.2) is 24.7 Å². The fourth-order valence-electron chi connectivity index (χ4n) is 1.48. The minimum Gasteiger partial charge on any atom is -0.481 e. The van der Waals surface area contributed by atoms with Gasteiger partial charge in [-0.1, -0.05) is 18.2 Å². The van der Waals surface area contributed by atoms with E-state index in [1.54, 1.807) is 6.08 Å². The Morgan fingerprint density at radius 2 is 2.29 bits per heavy atom. The van der Waals surface area contributed by atoms with E-state index in [1.165, 1.54) is 18.2 Å². The Labute approximate surface area is 100.0 Å². The first-order valence-electron chi connectivity index (χ1n) is 5.45. The second-order valence-corrected chi connectivity index (χ2v) is 3.71. The quantitative estimate of drug-likeness (QED) is 0.745. The summed E-state index contributed by atoms with van der Waals surface area (Å²) in [4.78, 5) is 10.7. The van der Waals surface area contributed by atoms with Crippen molar-refractivity contribution in [3.63, 3.8) is 0 Å². The minimum atomic E-state index is -0.915. The second-order valence-electron chi connectivity index (χ2n) is 3.71. The van der Waals surface area contributed by atoms with Gasteiger partial charge < -0.3 is 10.4 Å². The van der Waals surface area contributed by atoms with E-state index < -0.39 is 5.97 Å². The van der Waals surface area contributed by atoms with Gasteiger partial charge in [0.2, 0.25) is 0 Å². The van der Waals surface area contributed by atoms with Gasteiger partial charge >= 0.3 is 5.97 Å². The number of nitrogens with one attached hydrogen (secondary N) is 1. The summed E-state index contributed by atoms with van der Waals surface area (Å²) in [7, 11) is 1.85. The number of rotatable bonds is 6. The van der Waals surface area contributed by atoms with Crippen molar-refractivity contribution in [2.75, 3.05) is 13.6 Å². The first kappa shape index (κ1) is 13.4. The van der Waals surface area contributed by atoms with Crippen molar-refractivity contribution in [2.24, 2.45) is 0 Å². The third kappa shape index (κ3) is 4.78. The average molecular weight is 237 g/mol. The fourth-order valence-corrected chi connectivity index (χ4v) is 1.48. The van der Waals surface area contributed by atoms with Gasteiger partial charge in [0.1, 0.15) is 5.82 Å². The van der Waals surface area contributed by atoms with E-state index in [2.05, 4.69) is 5.32 Å². The molecule has 0 aliphatic rings. The Morgan fingerprint density at radius 3 is 2.94 bits per heavy atom. The van der Waals surface area contributed by atoms with E-state index in [-0.39, 0.29) is 12.2 Å². The molecule has 0 heterocycles. The molecule has 4 heteroatoms. The van der Waals surface area contributed by atoms with E-state index in [0.717, 1.165) is 13.0 Å². The lowest BCUT2D eigenvalue weighted by Crippen LogP contribution is -2.05. The molecule has 0 amide bonds. The normalized spacial score (nSPS) is 10.9. The highest BCUT2D eigenvalue weighted by atomic mass is 19.1. The number of hydrogen-bond donors (Lipinski definition) is 2. The molecule has 3 nitrogen and oxygen atoms in total. The highest BCUT2D eigenvalue weighted by molar-refractivity contribution is 5.72. The van der Waals surface area contributed by atoms with Crippen molar-refractivity contribution in [3.05, 3.63) is 41.2 Å². The molecule has 0 saturated carbocycles. The lowest BCUT2D eigenvalue weighted by atomic mass is 10.0. The van der Waals surface area contributed by atoms with E-state index >= 15 is 0 Å². The highest BCUT2D eigenvalue weighted by Gasteiger charge is 2.05. The molecule has 17 heavy (non-hydrogen) atoms. The van der Waals surface area contributed by atoms with Crippen LogP contribution in [0.1, 0.15) is 17.5 Å². The second kappa shape index (κ2) is 6.81. The van der Waals surface area contributed by atoms with Crippen molar-refractivity contribution in [3.8, 4) is 0 Å². The van der Waals surface area contributed by atoms with Crippen LogP contribution in [0.15, 0.2) is 24.3 Å². The Bertz CT molecular complexity index is 416. The standard InChI is InChI=1S/C13H16FNO2/c1-15-7-3-2-4-10-8-12(14)6-5-11(10)9-13(16)17/h2,4-6,8,15H,3,7,9H2,1H3,(H,16,17). The SMILES string of the molecule is CNCCC=Cc1cc(F)ccc1CC(=O)O. The van der Waals surface area contributed by atoms with Crippen LogP contribution in [0.25, 0.3) is 6.08 Å². The zero-order valence-electron chi connectivity index (χ0n) is 9.74. The molecule has 0 radical (unpaired) electrons. The molecule has 2 N–H and O–H groups in total. The Morgan fingerprint density at radius 1 is 1.53 bits per heavy atom. The molecular formula is C13H16FNO2. The van der Waals surface area contributed by atoms with E-state index in [4.69, 9.17) is 5.11 Å². The molecule has 0 unspecified atom stereocenters. The molecule has 0 saturated heterocycles. The predicted molar refractivity (Wildman–Crippen MR) is 65.3 cm³/mol. The van der Waals surface area contributed by atoms with E-state index in [0.29, 0.717) is 11.1 Å². The van der Waals surface area contributed by atoms with Gasteiger partial charge in [0.25, 0.3) is 0 Å². The van der Waals surface area contributed by atoms with Crippen molar-refractivity contribution in [2.45, 2.75) is 12.8 Å². The summed E-state index contributed by atoms with van der Waals surface area (Å²) in [5, 5.41) is 11.7. The fraction of sp³-hybridized carbons (Fsp3) is 0.308. The minimum absolute atomic E-state index is 0.0913. The molecule has 0 aliphatic carbocycles. The van der Waals surface area contributed by atoms with Crippen molar-refractivity contribution in [1.29, 1.82) is 0 Å². The molecule has 0 aromatic heterocycles. The number of carboxylic acid groups (broad SMARTS) is 1. The van der Waals surface area contributed by atoms with Crippen molar-refractivity contribution >= 4 is 12.0 Å². The van der Waals surface area contributed by atoms with Gasteiger partial charge in [0.05, 0.1) is 6.42 Å². The summed E-state index contributed by atoms with van der Waals surface area (Å²) >= 11 is 0. The lowest BCUT2D eigenvalue weighted by Gasteiger charge is -2.03. The summed E-state index contributed by atoms with van der Waals surface area (Å²) in [6, 6.07) is 4.15. The summed E-state index contributed by atoms with van der Waals surface area (Å²) < 4.78 is 13.1. The van der Waals surface area contributed by atoms with Crippen LogP contribution < -0.4 is 5.32 Å². The summed E-state index contributed by atoms with van der Waals surface area (Å²) in [6.45, 7) is 0.833. The highest BCUT2D eigenvalue weighted by Crippen LogP contribution is 2.14. The Kier molecular flexibility index (Phi) is 5.36. The summed E-state index contributed by atoms with van der Waals surface area (Å²) in [5.41, 5.74) is 1.25. The lowest BCUT2D eigenvalue weighted by molar-refractivity contribution is -0.136. The number of benzene rings is 1. The zero-order valence-corrected chi connectivity index (χ0v) is 9.74. The van der Waals surface area contributed by atoms with Gasteiger partial charge in [-0.05, 0) is 43.3 Å². The van der Waals surface area contributed by atoms with Gasteiger partial charge in [0, 0.05) is 0 Å². The molecule has 0 spiro atoms. The maximum absolute atomic E-state index is 13.1. The molecule has 1 aromatic carbocycles. The molecular weight excluding hydrogens is 221 g/mol. The number of carbonyl (C=O) groups is 1. The largest absolute Gasteiger partial charge is 0.481 e. The molecule has 92 valence electrons. The van der Waals surface area contributed by atoms with Gasteiger partial charge in [-0.15, -0.1) is 0 Å². The third-order valence-corrected chi connectivity index (χ3v) is 2.31. The first-order valence-corrected chi connectivity index (χ1v) is 5.45. The van der Waals surface area contributed by atoms with Gasteiger partial charge in [-0.2, -0.15) is 0 Å². The van der Waals surface area contributed by atoms with Crippen LogP contribution in [0.4, 0.5) is 4.39 Å². The van der Waals surface area contributed by atoms with Crippen LogP contribution in [0, 0.1) is 5.82 Å². The molecule has 0 bridgehead atoms. The maximum Gasteiger partial charge on any atom is 0.307 e. The number of carboxylic acids is 1. The smallest absolute Gasteiger partial charge is 0.307 e. The van der Waals surface area contributed by atoms with Crippen LogP contribution in [0.5, 0.6) is 0 Å². The molecule has 1 rings (SSSR count). The first-order chi connectivity index (χ1) is 8.13. The monoisotopic (exact) mass is 237 g/mol. The molecule has 0 atom stereocenters. The molecule has 1 aromatic rings. The van der Waals surface area contributed by atoms with Gasteiger partial charge in [-0.25, -0.2) is 4.39 Å². The van der Waals surface area contributed by atoms with Gasteiger partial charge in [0.15, 0.2) is 0 Å². The zero-order chi connectivity index (χ0) is 12.7. The Balaban J connectivity index is 2.83. The van der Waals surface area contributed by atoms with Crippen LogP contribution in [0.2, 0.25) is 0 Å². The van der Waals surface area contributed by atoms with Crippen LogP contribution in [0.3, 0.4) is 0 Å². The molecule has 0 fully saturated rings. The van der Waals surface area contributed by atoms with Crippen LogP contribution >= 0.6 is 0 Å². The summed E-state index contributed by atoms with van der Waals surface area (Å²) in [6.07, 6.45) is 4.39. The summed E-state index contributed by atoms with van der Waals surface area (Å²) in [5.74, 6) is -1.27. The number of halogens is 1. The van der Waals surface area contributed by atoms with Crippen molar-refractivity contribution in [1.82, 2.24) is 5.32 Å². The van der Waals surface area contributed by atoms with Gasteiger partial charge in [-0.3, -0.25) is 4.79 Å². The Hall–Kier alpha value is -1.68. The van der Waals surface area contributed by atoms with Crippen LogP contribution in [-0.2, 0) is 11.2 Å².